The first-order valence-corrected chi connectivity index (χ1v) is 7.73. The van der Waals surface area contributed by atoms with Gasteiger partial charge >= 0.3 is 0 Å². The highest BCUT2D eigenvalue weighted by Crippen LogP contribution is 2.35. The van der Waals surface area contributed by atoms with E-state index < -0.39 is 19.6 Å². The van der Waals surface area contributed by atoms with Crippen molar-refractivity contribution in [2.75, 3.05) is 0 Å². The first kappa shape index (κ1) is 12.2. The third kappa shape index (κ3) is 3.77. The van der Waals surface area contributed by atoms with Crippen molar-refractivity contribution in [2.45, 2.75) is 38.9 Å². The average molecular weight is 211 g/mol. The summed E-state index contributed by atoms with van der Waals surface area (Å²) in [6.07, 6.45) is 0. The van der Waals surface area contributed by atoms with Crippen LogP contribution in [0.25, 0.3) is 0 Å². The van der Waals surface area contributed by atoms with Gasteiger partial charge in [-0.1, -0.05) is 20.8 Å². The lowest BCUT2D eigenvalue weighted by atomic mass is 10.2. The molecular weight excluding hydrogens is 194 g/mol. The molecule has 0 aliphatic carbocycles. The van der Waals surface area contributed by atoms with E-state index in [-0.39, 0.29) is 5.04 Å². The molecule has 0 aromatic rings. The first-order chi connectivity index (χ1) is 5.17. The zero-order valence-electron chi connectivity index (χ0n) is 8.17. The minimum atomic E-state index is -2.08. The Labute approximate surface area is 77.2 Å². The highest BCUT2D eigenvalue weighted by atomic mass is 32.2. The SMILES string of the molecule is CC(C)(C)[Si](C)(C)ONS(=O)O. The minimum absolute atomic E-state index is 0.0410. The summed E-state index contributed by atoms with van der Waals surface area (Å²) in [6.45, 7) is 10.2. The second-order valence-electron chi connectivity index (χ2n) is 4.19. The normalized spacial score (nSPS) is 16.2. The van der Waals surface area contributed by atoms with Crippen LogP contribution in [-0.4, -0.2) is 17.1 Å². The van der Waals surface area contributed by atoms with Crippen molar-refractivity contribution in [1.82, 2.24) is 4.89 Å². The van der Waals surface area contributed by atoms with Crippen LogP contribution in [0.3, 0.4) is 0 Å². The largest absolute Gasteiger partial charge is 0.331 e. The molecule has 0 rings (SSSR count). The van der Waals surface area contributed by atoms with E-state index in [0.29, 0.717) is 0 Å². The van der Waals surface area contributed by atoms with E-state index in [4.69, 9.17) is 9.08 Å². The molecule has 0 saturated carbocycles. The van der Waals surface area contributed by atoms with Crippen LogP contribution in [0.15, 0.2) is 0 Å². The Morgan fingerprint density at radius 3 is 2.08 bits per heavy atom. The molecule has 4 nitrogen and oxygen atoms in total. The summed E-state index contributed by atoms with van der Waals surface area (Å²) in [4.78, 5) is 2.08. The van der Waals surface area contributed by atoms with Gasteiger partial charge in [0.2, 0.25) is 8.32 Å². The minimum Gasteiger partial charge on any atom is -0.331 e. The Bertz CT molecular complexity index is 178. The van der Waals surface area contributed by atoms with Crippen LogP contribution in [0.1, 0.15) is 20.8 Å². The topological polar surface area (TPSA) is 58.6 Å². The maximum absolute atomic E-state index is 10.3. The van der Waals surface area contributed by atoms with Crippen molar-refractivity contribution in [2.24, 2.45) is 0 Å². The smallest absolute Gasteiger partial charge is 0.255 e. The average Bonchev–Trinajstić information content (AvgIpc) is 1.81. The van der Waals surface area contributed by atoms with Gasteiger partial charge in [0.05, 0.1) is 0 Å². The lowest BCUT2D eigenvalue weighted by Crippen LogP contribution is -2.45. The molecule has 0 radical (unpaired) electrons. The molecule has 0 saturated heterocycles. The zero-order chi connectivity index (χ0) is 9.99. The summed E-state index contributed by atoms with van der Waals surface area (Å²) in [5.41, 5.74) is 0. The second kappa shape index (κ2) is 3.97. The van der Waals surface area contributed by atoms with E-state index in [1.54, 1.807) is 0 Å². The Morgan fingerprint density at radius 2 is 1.83 bits per heavy atom. The van der Waals surface area contributed by atoms with Gasteiger partial charge in [0, 0.05) is 0 Å². The van der Waals surface area contributed by atoms with E-state index in [2.05, 4.69) is 25.7 Å². The molecule has 0 fully saturated rings. The van der Waals surface area contributed by atoms with Crippen molar-refractivity contribution in [3.05, 3.63) is 0 Å². The van der Waals surface area contributed by atoms with E-state index in [1.165, 1.54) is 0 Å². The van der Waals surface area contributed by atoms with Gasteiger partial charge in [-0.15, -0.1) is 4.89 Å². The van der Waals surface area contributed by atoms with Crippen LogP contribution in [0.4, 0.5) is 0 Å². The summed E-state index contributed by atoms with van der Waals surface area (Å²) >= 11 is -2.08. The third-order valence-corrected chi connectivity index (χ3v) is 6.77. The fraction of sp³-hybridized carbons (Fsp3) is 1.00. The van der Waals surface area contributed by atoms with Gasteiger partial charge in [-0.25, -0.2) is 4.21 Å². The summed E-state index contributed by atoms with van der Waals surface area (Å²) < 4.78 is 23.9. The lowest BCUT2D eigenvalue weighted by Gasteiger charge is -2.34. The molecule has 0 bridgehead atoms. The van der Waals surface area contributed by atoms with Crippen LogP contribution in [0.2, 0.25) is 18.1 Å². The van der Waals surface area contributed by atoms with Crippen LogP contribution in [0.5, 0.6) is 0 Å². The standard InChI is InChI=1S/C6H17NO3SSi/c1-6(2,3)12(4,5)10-7-11(8)9/h7H,1-5H3,(H,8,9). The predicted octanol–water partition coefficient (Wildman–Crippen LogP) is 1.65. The Balaban J connectivity index is 4.14. The maximum atomic E-state index is 10.3. The fourth-order valence-corrected chi connectivity index (χ4v) is 1.72. The summed E-state index contributed by atoms with van der Waals surface area (Å²) in [6, 6.07) is 0. The third-order valence-electron chi connectivity index (χ3n) is 2.17. The molecular formula is C6H17NO3SSi. The summed E-state index contributed by atoms with van der Waals surface area (Å²) in [7, 11) is -1.93. The Morgan fingerprint density at radius 1 is 1.42 bits per heavy atom. The summed E-state index contributed by atoms with van der Waals surface area (Å²) in [5, 5.41) is 0.0410. The highest BCUT2D eigenvalue weighted by Gasteiger charge is 2.38. The quantitative estimate of drug-likeness (QED) is 0.424. The number of hydrogen-bond donors (Lipinski definition) is 2. The van der Waals surface area contributed by atoms with Gasteiger partial charge in [-0.2, -0.15) is 0 Å². The van der Waals surface area contributed by atoms with E-state index >= 15 is 0 Å². The predicted molar refractivity (Wildman–Crippen MR) is 52.2 cm³/mol. The van der Waals surface area contributed by atoms with Gasteiger partial charge < -0.3 is 4.53 Å². The molecule has 1 unspecified atom stereocenters. The number of hydrogen-bond acceptors (Lipinski definition) is 2. The molecule has 0 amide bonds. The van der Waals surface area contributed by atoms with Crippen molar-refractivity contribution < 1.29 is 13.3 Å². The molecule has 0 heterocycles. The Kier molecular flexibility index (Phi) is 4.05. The molecule has 0 aliphatic rings. The molecule has 0 aromatic heterocycles. The van der Waals surface area contributed by atoms with Crippen LogP contribution in [0, 0.1) is 0 Å². The van der Waals surface area contributed by atoms with E-state index in [9.17, 15) is 4.21 Å². The lowest BCUT2D eigenvalue weighted by molar-refractivity contribution is 0.239. The molecule has 1 atom stereocenters. The van der Waals surface area contributed by atoms with Gasteiger partial charge in [-0.05, 0) is 18.1 Å². The number of nitrogens with one attached hydrogen (secondary N) is 1. The molecule has 12 heavy (non-hydrogen) atoms. The van der Waals surface area contributed by atoms with E-state index in [1.807, 2.05) is 13.1 Å². The van der Waals surface area contributed by atoms with Crippen molar-refractivity contribution in [3.63, 3.8) is 0 Å². The molecule has 0 spiro atoms. The molecule has 2 N–H and O–H groups in total. The van der Waals surface area contributed by atoms with Crippen molar-refractivity contribution >= 4 is 19.6 Å². The molecule has 6 heteroatoms. The van der Waals surface area contributed by atoms with Crippen LogP contribution < -0.4 is 4.89 Å². The van der Waals surface area contributed by atoms with Gasteiger partial charge in [0.1, 0.15) is 0 Å². The van der Waals surface area contributed by atoms with Gasteiger partial charge in [0.15, 0.2) is 0 Å². The molecule has 0 aliphatic heterocycles. The monoisotopic (exact) mass is 211 g/mol. The molecule has 74 valence electrons. The number of rotatable bonds is 3. The van der Waals surface area contributed by atoms with Gasteiger partial charge in [-0.3, -0.25) is 4.55 Å². The molecule has 0 aromatic carbocycles. The fourth-order valence-electron chi connectivity index (χ4n) is 0.293. The van der Waals surface area contributed by atoms with Crippen LogP contribution in [-0.2, 0) is 15.8 Å². The Hall–Kier alpha value is 0.247. The van der Waals surface area contributed by atoms with Gasteiger partial charge in [0.25, 0.3) is 11.3 Å². The van der Waals surface area contributed by atoms with Crippen LogP contribution >= 0.6 is 0 Å². The van der Waals surface area contributed by atoms with Crippen molar-refractivity contribution in [3.8, 4) is 0 Å². The maximum Gasteiger partial charge on any atom is 0.255 e. The highest BCUT2D eigenvalue weighted by molar-refractivity contribution is 7.77. The van der Waals surface area contributed by atoms with Crippen molar-refractivity contribution in [1.29, 1.82) is 0 Å². The summed E-state index contributed by atoms with van der Waals surface area (Å²) in [5.74, 6) is 0. The van der Waals surface area contributed by atoms with E-state index in [0.717, 1.165) is 0 Å². The zero-order valence-corrected chi connectivity index (χ0v) is 9.99. The second-order valence-corrected chi connectivity index (χ2v) is 9.58. The first-order valence-electron chi connectivity index (χ1n) is 3.71.